The number of non-ortho nitro benzene ring substituents is 2. The highest BCUT2D eigenvalue weighted by molar-refractivity contribution is 6.01. The lowest BCUT2D eigenvalue weighted by molar-refractivity contribution is -0.385. The van der Waals surface area contributed by atoms with E-state index in [1.54, 1.807) is 13.8 Å². The number of hydrogen-bond acceptors (Lipinski definition) is 8. The third kappa shape index (κ3) is 5.81. The summed E-state index contributed by atoms with van der Waals surface area (Å²) in [5.74, 6) is -1.89. The number of hydrogen-bond donors (Lipinski definition) is 2. The summed E-state index contributed by atoms with van der Waals surface area (Å²) >= 11 is 0. The molecule has 0 unspecified atom stereocenters. The smallest absolute Gasteiger partial charge is 0.269 e. The van der Waals surface area contributed by atoms with Crippen LogP contribution in [0.2, 0.25) is 0 Å². The lowest BCUT2D eigenvalue weighted by Gasteiger charge is -2.04. The Bertz CT molecular complexity index is 1070. The van der Waals surface area contributed by atoms with Crippen LogP contribution in [0, 0.1) is 32.1 Å². The Morgan fingerprint density at radius 2 is 1.09 bits per heavy atom. The highest BCUT2D eigenvalue weighted by Crippen LogP contribution is 2.38. The van der Waals surface area contributed by atoms with E-state index in [1.165, 1.54) is 48.5 Å². The number of benzene rings is 2. The van der Waals surface area contributed by atoms with Gasteiger partial charge in [-0.25, -0.2) is 10.9 Å². The quantitative estimate of drug-likeness (QED) is 0.354. The van der Waals surface area contributed by atoms with Crippen molar-refractivity contribution >= 4 is 34.6 Å². The molecule has 2 atom stereocenters. The summed E-state index contributed by atoms with van der Waals surface area (Å²) in [7, 11) is 0. The molecule has 0 saturated heterocycles. The third-order valence-corrected chi connectivity index (χ3v) is 5.12. The van der Waals surface area contributed by atoms with Crippen LogP contribution >= 0.6 is 0 Å². The average Bonchev–Trinajstić information content (AvgIpc) is 3.62. The molecule has 0 radical (unpaired) electrons. The number of amides is 2. The van der Waals surface area contributed by atoms with Crippen molar-refractivity contribution in [2.75, 3.05) is 0 Å². The molecule has 1 fully saturated rings. The Morgan fingerprint density at radius 1 is 0.758 bits per heavy atom. The molecule has 1 saturated carbocycles. The molecule has 12 nitrogen and oxygen atoms in total. The highest BCUT2D eigenvalue weighted by Gasteiger charge is 2.48. The van der Waals surface area contributed by atoms with Crippen molar-refractivity contribution < 1.29 is 19.4 Å². The van der Waals surface area contributed by atoms with Gasteiger partial charge in [0.1, 0.15) is 0 Å². The molecule has 12 heteroatoms. The molecule has 2 aromatic rings. The van der Waals surface area contributed by atoms with Crippen LogP contribution in [0.1, 0.15) is 31.4 Å². The fraction of sp³-hybridized carbons (Fsp3) is 0.238. The molecule has 0 aliphatic heterocycles. The highest BCUT2D eigenvalue weighted by atomic mass is 16.6. The van der Waals surface area contributed by atoms with Gasteiger partial charge in [-0.15, -0.1) is 0 Å². The minimum absolute atomic E-state index is 0.0473. The number of nitrogens with one attached hydrogen (secondary N) is 2. The molecule has 0 heterocycles. The van der Waals surface area contributed by atoms with E-state index in [-0.39, 0.29) is 11.4 Å². The molecule has 2 aromatic carbocycles. The summed E-state index contributed by atoms with van der Waals surface area (Å²) in [6.45, 7) is 3.29. The van der Waals surface area contributed by atoms with Crippen LogP contribution in [0.4, 0.5) is 11.4 Å². The van der Waals surface area contributed by atoms with Crippen molar-refractivity contribution in [1.82, 2.24) is 10.9 Å². The van der Waals surface area contributed by atoms with Gasteiger partial charge in [0.2, 0.25) is 11.8 Å². The first kappa shape index (κ1) is 23.2. The van der Waals surface area contributed by atoms with Crippen molar-refractivity contribution in [2.45, 2.75) is 20.3 Å². The maximum Gasteiger partial charge on any atom is 0.269 e. The lowest BCUT2D eigenvalue weighted by atomic mass is 10.1. The molecule has 2 N–H and O–H groups in total. The van der Waals surface area contributed by atoms with Gasteiger partial charge >= 0.3 is 0 Å². The number of nitro groups is 2. The van der Waals surface area contributed by atoms with Gasteiger partial charge in [0.05, 0.1) is 33.1 Å². The summed E-state index contributed by atoms with van der Waals surface area (Å²) in [6, 6.07) is 11.5. The van der Waals surface area contributed by atoms with Crippen molar-refractivity contribution in [3.05, 3.63) is 79.9 Å². The first-order valence-electron chi connectivity index (χ1n) is 9.85. The maximum absolute atomic E-state index is 12.3. The van der Waals surface area contributed by atoms with Gasteiger partial charge in [-0.3, -0.25) is 29.8 Å². The molecule has 170 valence electrons. The second kappa shape index (κ2) is 9.77. The third-order valence-electron chi connectivity index (χ3n) is 5.12. The molecule has 33 heavy (non-hydrogen) atoms. The van der Waals surface area contributed by atoms with E-state index in [0.717, 1.165) is 0 Å². The summed E-state index contributed by atoms with van der Waals surface area (Å²) < 4.78 is 0. The predicted octanol–water partition coefficient (Wildman–Crippen LogP) is 2.52. The Morgan fingerprint density at radius 3 is 1.39 bits per heavy atom. The number of nitrogens with zero attached hydrogens (tertiary/aromatic N) is 4. The largest absolute Gasteiger partial charge is 0.273 e. The van der Waals surface area contributed by atoms with E-state index in [2.05, 4.69) is 21.1 Å². The zero-order valence-electron chi connectivity index (χ0n) is 17.7. The first-order chi connectivity index (χ1) is 15.7. The summed E-state index contributed by atoms with van der Waals surface area (Å²) in [4.78, 5) is 44.9. The molecule has 2 amide bonds. The molecular weight excluding hydrogens is 432 g/mol. The standard InChI is InChI=1S/C21H20N6O6/c1-12(14-3-7-16(8-4-14)26(30)31)22-24-20(28)18-11-19(18)21(29)25-23-13(2)15-5-9-17(10-6-15)27(32)33/h3-10,18-19H,11H2,1-2H3,(H,24,28)(H,25,29)/b22-12-,23-13-/t18-,19-/m1/s1. The second-order valence-corrected chi connectivity index (χ2v) is 7.40. The van der Waals surface area contributed by atoms with Gasteiger partial charge in [0.25, 0.3) is 11.4 Å². The predicted molar refractivity (Wildman–Crippen MR) is 118 cm³/mol. The zero-order chi connectivity index (χ0) is 24.1. The minimum atomic E-state index is -0.534. The van der Waals surface area contributed by atoms with E-state index in [4.69, 9.17) is 0 Å². The fourth-order valence-electron chi connectivity index (χ4n) is 3.00. The van der Waals surface area contributed by atoms with Gasteiger partial charge in [0.15, 0.2) is 0 Å². The molecular formula is C21H20N6O6. The number of carbonyl (C=O) groups excluding carboxylic acids is 2. The molecule has 1 aliphatic carbocycles. The van der Waals surface area contributed by atoms with Crippen molar-refractivity contribution in [3.63, 3.8) is 0 Å². The van der Waals surface area contributed by atoms with E-state index >= 15 is 0 Å². The maximum atomic E-state index is 12.3. The van der Waals surface area contributed by atoms with Crippen LogP contribution in [0.5, 0.6) is 0 Å². The summed E-state index contributed by atoms with van der Waals surface area (Å²) in [5, 5.41) is 29.4. The Balaban J connectivity index is 1.51. The van der Waals surface area contributed by atoms with Crippen LogP contribution in [0.15, 0.2) is 58.7 Å². The zero-order valence-corrected chi connectivity index (χ0v) is 17.7. The van der Waals surface area contributed by atoms with Crippen LogP contribution in [-0.2, 0) is 9.59 Å². The fourth-order valence-corrected chi connectivity index (χ4v) is 3.00. The Hall–Kier alpha value is -4.48. The van der Waals surface area contributed by atoms with Crippen molar-refractivity contribution in [1.29, 1.82) is 0 Å². The molecule has 0 spiro atoms. The Labute approximate surface area is 187 Å². The second-order valence-electron chi connectivity index (χ2n) is 7.40. The normalized spacial score (nSPS) is 17.8. The van der Waals surface area contributed by atoms with Gasteiger partial charge < -0.3 is 0 Å². The molecule has 1 aliphatic rings. The minimum Gasteiger partial charge on any atom is -0.273 e. The number of rotatable bonds is 8. The number of carbonyl (C=O) groups is 2. The van der Waals surface area contributed by atoms with E-state index < -0.39 is 33.5 Å². The lowest BCUT2D eigenvalue weighted by Crippen LogP contribution is -2.26. The molecule has 0 bridgehead atoms. The van der Waals surface area contributed by atoms with E-state index in [0.29, 0.717) is 29.0 Å². The molecule has 0 aromatic heterocycles. The van der Waals surface area contributed by atoms with Gasteiger partial charge in [-0.05, 0) is 55.7 Å². The van der Waals surface area contributed by atoms with Gasteiger partial charge in [-0.2, -0.15) is 10.2 Å². The van der Waals surface area contributed by atoms with Crippen molar-refractivity contribution in [3.8, 4) is 0 Å². The van der Waals surface area contributed by atoms with Crippen LogP contribution < -0.4 is 10.9 Å². The average molecular weight is 452 g/mol. The van der Waals surface area contributed by atoms with E-state index in [1.807, 2.05) is 0 Å². The van der Waals surface area contributed by atoms with Crippen LogP contribution in [-0.4, -0.2) is 33.1 Å². The summed E-state index contributed by atoms with van der Waals surface area (Å²) in [5.41, 5.74) is 6.88. The Kier molecular flexibility index (Phi) is 6.86. The SMILES string of the molecule is C/C(=N/NC(=O)[C@@H]1C[C@H]1C(=O)N/N=C(/C)c1ccc([N+](=O)[O-])cc1)c1ccc([N+](=O)[O-])cc1. The molecule has 3 rings (SSSR count). The topological polar surface area (TPSA) is 169 Å². The monoisotopic (exact) mass is 452 g/mol. The van der Waals surface area contributed by atoms with Gasteiger partial charge in [-0.1, -0.05) is 0 Å². The van der Waals surface area contributed by atoms with Crippen LogP contribution in [0.25, 0.3) is 0 Å². The summed E-state index contributed by atoms with van der Waals surface area (Å²) in [6.07, 6.45) is 0.357. The van der Waals surface area contributed by atoms with Crippen LogP contribution in [0.3, 0.4) is 0 Å². The van der Waals surface area contributed by atoms with Gasteiger partial charge in [0, 0.05) is 24.3 Å². The van der Waals surface area contributed by atoms with E-state index in [9.17, 15) is 29.8 Å². The van der Waals surface area contributed by atoms with Crippen molar-refractivity contribution in [2.24, 2.45) is 22.0 Å². The number of nitro benzene ring substituents is 2. The number of hydrazone groups is 2. The first-order valence-corrected chi connectivity index (χ1v) is 9.85.